The minimum atomic E-state index is -3.09. The third-order valence-electron chi connectivity index (χ3n) is 10.9. The molecule has 0 spiro atoms. The van der Waals surface area contributed by atoms with Crippen LogP contribution in [0.3, 0.4) is 0 Å². The summed E-state index contributed by atoms with van der Waals surface area (Å²) in [5.74, 6) is -1.10. The molecule has 0 bridgehead atoms. The van der Waals surface area contributed by atoms with Crippen LogP contribution in [-0.4, -0.2) is 57.2 Å². The number of pyridine rings is 2. The average Bonchev–Trinajstić information content (AvgIpc) is 3.99. The summed E-state index contributed by atoms with van der Waals surface area (Å²) in [5, 5.41) is 13.1. The fourth-order valence-electron chi connectivity index (χ4n) is 8.53. The number of benzene rings is 2. The number of rotatable bonds is 7. The van der Waals surface area contributed by atoms with Gasteiger partial charge in [0.2, 0.25) is 11.8 Å². The third-order valence-corrected chi connectivity index (χ3v) is 12.3. The second-order valence-electron chi connectivity index (χ2n) is 14.0. The largest absolute Gasteiger partial charge is 0.496 e. The molecule has 2 aromatic carbocycles. The summed E-state index contributed by atoms with van der Waals surface area (Å²) in [4.78, 5) is 26.8. The summed E-state index contributed by atoms with van der Waals surface area (Å²) in [6.45, 7) is 2.80. The van der Waals surface area contributed by atoms with Gasteiger partial charge in [0.25, 0.3) is 11.8 Å². The van der Waals surface area contributed by atoms with Gasteiger partial charge in [-0.2, -0.15) is 0 Å². The first-order chi connectivity index (χ1) is 25.7. The minimum absolute atomic E-state index is 0.0442. The molecule has 268 valence electrons. The molecular formula is C39H31ClF2N6O4S. The van der Waals surface area contributed by atoms with E-state index in [0.29, 0.717) is 80.3 Å². The van der Waals surface area contributed by atoms with Gasteiger partial charge in [-0.05, 0) is 54.1 Å². The smallest absolute Gasteiger partial charge is 0.276 e. The Morgan fingerprint density at radius 2 is 2.00 bits per heavy atom. The van der Waals surface area contributed by atoms with E-state index in [-0.39, 0.29) is 23.8 Å². The first-order valence-electron chi connectivity index (χ1n) is 17.5. The second kappa shape index (κ2) is 11.9. The maximum Gasteiger partial charge on any atom is 0.276 e. The van der Waals surface area contributed by atoms with E-state index in [1.807, 2.05) is 35.2 Å². The van der Waals surface area contributed by atoms with Crippen molar-refractivity contribution in [2.75, 3.05) is 25.6 Å². The number of thiophene rings is 1. The van der Waals surface area contributed by atoms with Crippen LogP contribution in [0.25, 0.3) is 32.0 Å². The van der Waals surface area contributed by atoms with Gasteiger partial charge in [0, 0.05) is 65.0 Å². The predicted octanol–water partition coefficient (Wildman–Crippen LogP) is 8.73. The molecule has 3 atom stereocenters. The van der Waals surface area contributed by atoms with E-state index < -0.39 is 18.4 Å². The molecule has 6 aromatic rings. The molecule has 1 N–H and O–H groups in total. The average molecular weight is 753 g/mol. The van der Waals surface area contributed by atoms with Crippen molar-refractivity contribution >= 4 is 44.7 Å². The third kappa shape index (κ3) is 5.03. The summed E-state index contributed by atoms with van der Waals surface area (Å²) in [5.41, 5.74) is 5.17. The lowest BCUT2D eigenvalue weighted by Crippen LogP contribution is -2.28. The van der Waals surface area contributed by atoms with E-state index in [4.69, 9.17) is 30.5 Å². The van der Waals surface area contributed by atoms with Crippen molar-refractivity contribution in [3.63, 3.8) is 0 Å². The number of fused-ring (bicyclic) bond motifs is 6. The normalized spacial score (nSPS) is 20.7. The number of ether oxygens (including phenoxy) is 2. The molecule has 10 rings (SSSR count). The van der Waals surface area contributed by atoms with E-state index in [1.165, 1.54) is 18.4 Å². The SMILES string of the molecule is COc1cccc2c1CC(F)(F)[C@@H]2Nc1nccc2cc(-c3c4c(nc(C[C@@H]5COc6cc(Cl)ccc65)c3-c3nnc(C)o3)[C@@H]3CCCN3C4=O)sc12. The van der Waals surface area contributed by atoms with E-state index >= 15 is 8.78 Å². The fraction of sp³-hybridized carbons (Fsp3) is 0.308. The lowest BCUT2D eigenvalue weighted by Gasteiger charge is -2.22. The molecular weight excluding hydrogens is 722 g/mol. The number of halogens is 3. The zero-order chi connectivity index (χ0) is 36.2. The van der Waals surface area contributed by atoms with Crippen molar-refractivity contribution in [2.24, 2.45) is 0 Å². The maximum atomic E-state index is 15.7. The fourth-order valence-corrected chi connectivity index (χ4v) is 9.86. The number of anilines is 1. The molecule has 53 heavy (non-hydrogen) atoms. The van der Waals surface area contributed by atoms with Gasteiger partial charge in [-0.3, -0.25) is 9.78 Å². The van der Waals surface area contributed by atoms with Crippen LogP contribution >= 0.6 is 22.9 Å². The zero-order valence-corrected chi connectivity index (χ0v) is 30.2. The van der Waals surface area contributed by atoms with E-state index in [0.717, 1.165) is 40.1 Å². The Labute approximate surface area is 311 Å². The minimum Gasteiger partial charge on any atom is -0.496 e. The summed E-state index contributed by atoms with van der Waals surface area (Å²) in [6.07, 6.45) is 3.34. The maximum absolute atomic E-state index is 15.7. The van der Waals surface area contributed by atoms with Gasteiger partial charge in [-0.1, -0.05) is 29.8 Å². The van der Waals surface area contributed by atoms with Crippen molar-refractivity contribution in [3.05, 3.63) is 99.3 Å². The van der Waals surface area contributed by atoms with Crippen LogP contribution in [0.2, 0.25) is 5.02 Å². The van der Waals surface area contributed by atoms with Crippen LogP contribution in [0.15, 0.2) is 59.1 Å². The highest BCUT2D eigenvalue weighted by molar-refractivity contribution is 7.23. The monoisotopic (exact) mass is 752 g/mol. The van der Waals surface area contributed by atoms with Crippen molar-refractivity contribution in [2.45, 2.75) is 56.5 Å². The predicted molar refractivity (Wildman–Crippen MR) is 195 cm³/mol. The number of hydrogen-bond donors (Lipinski definition) is 1. The molecule has 3 aliphatic heterocycles. The Morgan fingerprint density at radius 1 is 1.11 bits per heavy atom. The summed E-state index contributed by atoms with van der Waals surface area (Å²) in [7, 11) is 1.49. The molecule has 0 unspecified atom stereocenters. The molecule has 4 aromatic heterocycles. The van der Waals surface area contributed by atoms with Crippen molar-refractivity contribution in [1.82, 2.24) is 25.1 Å². The number of alkyl halides is 2. The highest BCUT2D eigenvalue weighted by Crippen LogP contribution is 2.53. The molecule has 1 saturated heterocycles. The van der Waals surface area contributed by atoms with Crippen LogP contribution in [0, 0.1) is 6.92 Å². The van der Waals surface area contributed by atoms with Crippen molar-refractivity contribution in [3.8, 4) is 33.4 Å². The van der Waals surface area contributed by atoms with Crippen LogP contribution in [0.1, 0.15) is 75.2 Å². The Bertz CT molecular complexity index is 2500. The Hall–Kier alpha value is -5.14. The van der Waals surface area contributed by atoms with Gasteiger partial charge >= 0.3 is 0 Å². The van der Waals surface area contributed by atoms with Crippen molar-refractivity contribution < 1.29 is 27.5 Å². The van der Waals surface area contributed by atoms with Crippen LogP contribution in [-0.2, 0) is 12.8 Å². The molecule has 10 nitrogen and oxygen atoms in total. The highest BCUT2D eigenvalue weighted by atomic mass is 35.5. The molecule has 1 amide bonds. The van der Waals surface area contributed by atoms with Crippen LogP contribution in [0.5, 0.6) is 11.5 Å². The first-order valence-corrected chi connectivity index (χ1v) is 18.7. The Balaban J connectivity index is 1.15. The van der Waals surface area contributed by atoms with E-state index in [9.17, 15) is 4.79 Å². The Morgan fingerprint density at radius 3 is 2.83 bits per heavy atom. The molecule has 0 radical (unpaired) electrons. The lowest BCUT2D eigenvalue weighted by atomic mass is 9.89. The zero-order valence-electron chi connectivity index (χ0n) is 28.6. The summed E-state index contributed by atoms with van der Waals surface area (Å²) in [6, 6.07) is 13.2. The number of aryl methyl sites for hydroxylation is 1. The van der Waals surface area contributed by atoms with Gasteiger partial charge in [-0.25, -0.2) is 13.8 Å². The van der Waals surface area contributed by atoms with Gasteiger partial charge < -0.3 is 24.1 Å². The topological polar surface area (TPSA) is 116 Å². The number of nitrogens with one attached hydrogen (secondary N) is 1. The van der Waals surface area contributed by atoms with Crippen molar-refractivity contribution in [1.29, 1.82) is 0 Å². The first kappa shape index (κ1) is 32.5. The molecule has 4 aliphatic rings. The standard InChI is InChI=1S/C39H31ClF2N6O4S/c1-18-46-47-37(52-18)30-25(13-20-17-51-28-15-21(40)8-9-22(20)28)44-33-26-6-4-12-48(26)38(49)32(33)31(30)29-14-19-10-11-43-36(34(19)53-29)45-35-23-5-3-7-27(50-2)24(23)16-39(35,41)42/h3,5,7-11,14-15,20,26,35H,4,6,12-13,16-17H2,1-2H3,(H,43,45)/t20-,26+,35-/m1/s1. The number of amides is 1. The Kier molecular flexibility index (Phi) is 7.32. The van der Waals surface area contributed by atoms with E-state index in [2.05, 4.69) is 20.5 Å². The number of carbonyl (C=O) groups excluding carboxylic acids is 1. The van der Waals surface area contributed by atoms with Crippen LogP contribution < -0.4 is 14.8 Å². The number of hydrogen-bond acceptors (Lipinski definition) is 10. The lowest BCUT2D eigenvalue weighted by molar-refractivity contribution is -0.00734. The van der Waals surface area contributed by atoms with Gasteiger partial charge in [-0.15, -0.1) is 21.5 Å². The molecule has 7 heterocycles. The molecule has 0 saturated carbocycles. The number of carbonyl (C=O) groups is 1. The molecule has 14 heteroatoms. The summed E-state index contributed by atoms with van der Waals surface area (Å²) < 4.78 is 49.7. The summed E-state index contributed by atoms with van der Waals surface area (Å²) >= 11 is 7.67. The number of nitrogens with zero attached hydrogens (tertiary/aromatic N) is 5. The quantitative estimate of drug-likeness (QED) is 0.171. The highest BCUT2D eigenvalue weighted by Gasteiger charge is 2.49. The number of methoxy groups -OCH3 is 1. The molecule has 1 aliphatic carbocycles. The van der Waals surface area contributed by atoms with E-state index in [1.54, 1.807) is 31.3 Å². The number of aromatic nitrogens is 4. The molecule has 1 fully saturated rings. The van der Waals surface area contributed by atoms with Crippen LogP contribution in [0.4, 0.5) is 14.6 Å². The van der Waals surface area contributed by atoms with Gasteiger partial charge in [0.05, 0.1) is 47.0 Å². The second-order valence-corrected chi connectivity index (χ2v) is 15.5. The van der Waals surface area contributed by atoms with Gasteiger partial charge in [0.15, 0.2) is 0 Å². The van der Waals surface area contributed by atoms with Gasteiger partial charge in [0.1, 0.15) is 23.4 Å².